The van der Waals surface area contributed by atoms with Gasteiger partial charge in [-0.25, -0.2) is 4.98 Å². The van der Waals surface area contributed by atoms with Gasteiger partial charge < -0.3 is 5.32 Å². The maximum absolute atomic E-state index is 5.67. The Morgan fingerprint density at radius 1 is 1.29 bits per heavy atom. The van der Waals surface area contributed by atoms with Gasteiger partial charge in [0.25, 0.3) is 0 Å². The van der Waals surface area contributed by atoms with Crippen LogP contribution in [0.3, 0.4) is 0 Å². The van der Waals surface area contributed by atoms with Crippen molar-refractivity contribution >= 4 is 28.5 Å². The second kappa shape index (κ2) is 5.82. The number of para-hydroxylation sites is 2. The van der Waals surface area contributed by atoms with Crippen molar-refractivity contribution in [1.29, 1.82) is 0 Å². The number of alkyl halides is 1. The van der Waals surface area contributed by atoms with E-state index in [1.54, 1.807) is 6.20 Å². The number of nitrogens with zero attached hydrogens (tertiary/aromatic N) is 2. The van der Waals surface area contributed by atoms with Crippen LogP contribution in [0.4, 0.5) is 5.82 Å². The number of benzene rings is 1. The third-order valence-electron chi connectivity index (χ3n) is 2.61. The van der Waals surface area contributed by atoms with Crippen LogP contribution in [0.15, 0.2) is 30.5 Å². The number of nitrogens with one attached hydrogen (secondary N) is 1. The summed E-state index contributed by atoms with van der Waals surface area (Å²) in [6, 6.07) is 8.23. The second-order valence-corrected chi connectivity index (χ2v) is 4.50. The van der Waals surface area contributed by atoms with Gasteiger partial charge in [-0.05, 0) is 31.9 Å². The predicted octanol–water partition coefficient (Wildman–Crippen LogP) is 3.45. The summed E-state index contributed by atoms with van der Waals surface area (Å²) in [6.45, 7) is 2.13. The highest BCUT2D eigenvalue weighted by atomic mass is 35.5. The largest absolute Gasteiger partial charge is 0.366 e. The molecule has 2 rings (SSSR count). The summed E-state index contributed by atoms with van der Waals surface area (Å²) in [5.74, 6) is 1.53. The van der Waals surface area contributed by atoms with Crippen molar-refractivity contribution in [3.05, 3.63) is 30.5 Å². The van der Waals surface area contributed by atoms with Gasteiger partial charge in [0.1, 0.15) is 5.82 Å². The number of halogens is 1. The van der Waals surface area contributed by atoms with Crippen molar-refractivity contribution in [1.82, 2.24) is 9.97 Å². The Kier molecular flexibility index (Phi) is 4.15. The van der Waals surface area contributed by atoms with E-state index in [1.807, 2.05) is 24.3 Å². The van der Waals surface area contributed by atoms with Crippen molar-refractivity contribution in [3.63, 3.8) is 0 Å². The van der Waals surface area contributed by atoms with Crippen LogP contribution in [0, 0.1) is 0 Å². The third-order valence-corrected chi connectivity index (χ3v) is 2.88. The summed E-state index contributed by atoms with van der Waals surface area (Å²) < 4.78 is 0. The Morgan fingerprint density at radius 2 is 2.06 bits per heavy atom. The van der Waals surface area contributed by atoms with Crippen LogP contribution >= 0.6 is 11.6 Å². The summed E-state index contributed by atoms with van der Waals surface area (Å²) >= 11 is 5.67. The molecule has 0 spiro atoms. The lowest BCUT2D eigenvalue weighted by Gasteiger charge is -2.13. The van der Waals surface area contributed by atoms with Gasteiger partial charge in [-0.3, -0.25) is 4.98 Å². The lowest BCUT2D eigenvalue weighted by atomic mass is 10.2. The first-order valence-corrected chi connectivity index (χ1v) is 6.37. The van der Waals surface area contributed by atoms with Gasteiger partial charge in [0.05, 0.1) is 17.2 Å². The van der Waals surface area contributed by atoms with Crippen LogP contribution in [0.2, 0.25) is 0 Å². The average Bonchev–Trinajstić information content (AvgIpc) is 2.36. The molecule has 0 radical (unpaired) electrons. The zero-order valence-corrected chi connectivity index (χ0v) is 10.6. The van der Waals surface area contributed by atoms with Crippen molar-refractivity contribution in [2.75, 3.05) is 11.2 Å². The maximum atomic E-state index is 5.67. The summed E-state index contributed by atoms with van der Waals surface area (Å²) in [7, 11) is 0. The van der Waals surface area contributed by atoms with E-state index in [0.29, 0.717) is 11.9 Å². The van der Waals surface area contributed by atoms with E-state index < -0.39 is 0 Å². The molecule has 0 saturated carbocycles. The van der Waals surface area contributed by atoms with Gasteiger partial charge in [0, 0.05) is 11.9 Å². The number of hydrogen-bond donors (Lipinski definition) is 1. The van der Waals surface area contributed by atoms with Gasteiger partial charge in [0.2, 0.25) is 0 Å². The number of hydrogen-bond acceptors (Lipinski definition) is 3. The van der Waals surface area contributed by atoms with Gasteiger partial charge in [0.15, 0.2) is 0 Å². The molecule has 0 amide bonds. The van der Waals surface area contributed by atoms with Crippen LogP contribution in [0.25, 0.3) is 11.0 Å². The second-order valence-electron chi connectivity index (χ2n) is 4.12. The molecule has 3 nitrogen and oxygen atoms in total. The van der Waals surface area contributed by atoms with Crippen molar-refractivity contribution in [2.45, 2.75) is 25.8 Å². The first-order chi connectivity index (χ1) is 8.29. The number of anilines is 1. The predicted molar refractivity (Wildman–Crippen MR) is 72.6 cm³/mol. The zero-order chi connectivity index (χ0) is 12.1. The number of fused-ring (bicyclic) bond motifs is 1. The van der Waals surface area contributed by atoms with Gasteiger partial charge in [-0.15, -0.1) is 11.6 Å². The smallest absolute Gasteiger partial charge is 0.145 e. The van der Waals surface area contributed by atoms with E-state index in [-0.39, 0.29) is 0 Å². The first-order valence-electron chi connectivity index (χ1n) is 5.84. The lowest BCUT2D eigenvalue weighted by molar-refractivity contribution is 0.690. The summed E-state index contributed by atoms with van der Waals surface area (Å²) in [5, 5.41) is 3.34. The van der Waals surface area contributed by atoms with E-state index in [0.717, 1.165) is 29.7 Å². The summed E-state index contributed by atoms with van der Waals surface area (Å²) in [5.41, 5.74) is 1.84. The fourth-order valence-electron chi connectivity index (χ4n) is 1.73. The summed E-state index contributed by atoms with van der Waals surface area (Å²) in [4.78, 5) is 8.88. The van der Waals surface area contributed by atoms with Crippen LogP contribution in [0.5, 0.6) is 0 Å². The Balaban J connectivity index is 2.08. The van der Waals surface area contributed by atoms with Crippen LogP contribution in [-0.4, -0.2) is 21.9 Å². The van der Waals surface area contributed by atoms with Crippen molar-refractivity contribution in [3.8, 4) is 0 Å². The molecule has 0 fully saturated rings. The van der Waals surface area contributed by atoms with Crippen molar-refractivity contribution < 1.29 is 0 Å². The van der Waals surface area contributed by atoms with E-state index in [1.165, 1.54) is 0 Å². The minimum atomic E-state index is 0.365. The molecule has 0 bridgehead atoms. The molecule has 1 heterocycles. The molecule has 0 aliphatic rings. The van der Waals surface area contributed by atoms with Crippen LogP contribution in [-0.2, 0) is 0 Å². The molecule has 1 aromatic heterocycles. The SMILES string of the molecule is CC(CCCCl)Nc1cnc2ccccc2n1. The highest BCUT2D eigenvalue weighted by Crippen LogP contribution is 2.13. The molecule has 2 aromatic rings. The molecular formula is C13H16ClN3. The molecule has 17 heavy (non-hydrogen) atoms. The van der Waals surface area contributed by atoms with Crippen molar-refractivity contribution in [2.24, 2.45) is 0 Å². The Morgan fingerprint density at radius 3 is 2.82 bits per heavy atom. The highest BCUT2D eigenvalue weighted by Gasteiger charge is 2.03. The van der Waals surface area contributed by atoms with E-state index in [4.69, 9.17) is 11.6 Å². The molecule has 1 N–H and O–H groups in total. The van der Waals surface area contributed by atoms with Gasteiger partial charge in [-0.1, -0.05) is 12.1 Å². The minimum absolute atomic E-state index is 0.365. The summed E-state index contributed by atoms with van der Waals surface area (Å²) in [6.07, 6.45) is 3.83. The highest BCUT2D eigenvalue weighted by molar-refractivity contribution is 6.17. The third kappa shape index (κ3) is 3.30. The fourth-order valence-corrected chi connectivity index (χ4v) is 1.89. The van der Waals surface area contributed by atoms with Gasteiger partial charge >= 0.3 is 0 Å². The first kappa shape index (κ1) is 12.1. The lowest BCUT2D eigenvalue weighted by Crippen LogP contribution is -2.16. The average molecular weight is 250 g/mol. The molecule has 0 aliphatic carbocycles. The normalized spacial score (nSPS) is 12.6. The topological polar surface area (TPSA) is 37.8 Å². The Bertz CT molecular complexity index is 487. The molecule has 4 heteroatoms. The van der Waals surface area contributed by atoms with Crippen LogP contribution in [0.1, 0.15) is 19.8 Å². The van der Waals surface area contributed by atoms with E-state index >= 15 is 0 Å². The zero-order valence-electron chi connectivity index (χ0n) is 9.86. The molecule has 1 atom stereocenters. The molecule has 0 aliphatic heterocycles. The standard InChI is InChI=1S/C13H16ClN3/c1-10(5-4-8-14)16-13-9-15-11-6-2-3-7-12(11)17-13/h2-3,6-7,9-10H,4-5,8H2,1H3,(H,16,17). The van der Waals surface area contributed by atoms with E-state index in [9.17, 15) is 0 Å². The molecule has 0 saturated heterocycles. The van der Waals surface area contributed by atoms with Gasteiger partial charge in [-0.2, -0.15) is 0 Å². The number of aromatic nitrogens is 2. The fraction of sp³-hybridized carbons (Fsp3) is 0.385. The molecular weight excluding hydrogens is 234 g/mol. The number of rotatable bonds is 5. The minimum Gasteiger partial charge on any atom is -0.366 e. The monoisotopic (exact) mass is 249 g/mol. The Labute approximate surface area is 106 Å². The van der Waals surface area contributed by atoms with E-state index in [2.05, 4.69) is 22.2 Å². The molecule has 1 unspecified atom stereocenters. The quantitative estimate of drug-likeness (QED) is 0.825. The molecule has 90 valence electrons. The Hall–Kier alpha value is -1.35. The molecule has 1 aromatic carbocycles. The maximum Gasteiger partial charge on any atom is 0.145 e. The van der Waals surface area contributed by atoms with Crippen LogP contribution < -0.4 is 5.32 Å².